The number of sulfonamides is 1. The maximum Gasteiger partial charge on any atom is 0.417 e. The Hall–Kier alpha value is -2.13. The fourth-order valence-electron chi connectivity index (χ4n) is 4.12. The van der Waals surface area contributed by atoms with Crippen LogP contribution in [0.2, 0.25) is 0 Å². The van der Waals surface area contributed by atoms with Crippen molar-refractivity contribution in [1.29, 1.82) is 0 Å². The van der Waals surface area contributed by atoms with Crippen molar-refractivity contribution in [2.45, 2.75) is 43.2 Å². The van der Waals surface area contributed by atoms with Gasteiger partial charge in [0.05, 0.1) is 10.5 Å². The van der Waals surface area contributed by atoms with Crippen LogP contribution in [-0.2, 0) is 29.0 Å². The molecule has 0 radical (unpaired) electrons. The molecule has 0 saturated carbocycles. The maximum atomic E-state index is 13.2. The van der Waals surface area contributed by atoms with Gasteiger partial charge in [-0.1, -0.05) is 6.07 Å². The van der Waals surface area contributed by atoms with Crippen molar-refractivity contribution in [1.82, 2.24) is 9.29 Å². The Bertz CT molecular complexity index is 1010. The number of rotatable bonds is 3. The van der Waals surface area contributed by atoms with Crippen LogP contribution in [0.1, 0.15) is 36.0 Å². The van der Waals surface area contributed by atoms with E-state index >= 15 is 0 Å². The highest BCUT2D eigenvalue weighted by Gasteiger charge is 2.31. The first-order chi connectivity index (χ1) is 14.2. The standard InChI is InChI=1S/C21H24F3N3O2S/c22-21(23,24)18-7-9-20(25-15-18)26-10-3-11-27(13-12-26)30(28,29)19-8-6-16-4-1-2-5-17(16)14-19/h6-9,14-15H,1-5,10-13H2. The number of halogens is 3. The Kier molecular flexibility index (Phi) is 5.76. The van der Waals surface area contributed by atoms with Gasteiger partial charge in [0.15, 0.2) is 0 Å². The third kappa shape index (κ3) is 4.32. The third-order valence-electron chi connectivity index (χ3n) is 5.81. The number of hydrogen-bond donors (Lipinski definition) is 0. The summed E-state index contributed by atoms with van der Waals surface area (Å²) in [5.74, 6) is 0.427. The molecule has 162 valence electrons. The number of alkyl halides is 3. The average Bonchev–Trinajstić information content (AvgIpc) is 3.00. The lowest BCUT2D eigenvalue weighted by Gasteiger charge is -2.23. The van der Waals surface area contributed by atoms with Gasteiger partial charge in [-0.15, -0.1) is 0 Å². The van der Waals surface area contributed by atoms with Gasteiger partial charge in [0.1, 0.15) is 5.82 Å². The highest BCUT2D eigenvalue weighted by atomic mass is 32.2. The normalized spacial score (nSPS) is 18.7. The molecule has 2 aromatic rings. The van der Waals surface area contributed by atoms with E-state index in [1.807, 2.05) is 17.0 Å². The molecule has 0 amide bonds. The summed E-state index contributed by atoms with van der Waals surface area (Å²) in [4.78, 5) is 6.10. The van der Waals surface area contributed by atoms with Crippen molar-refractivity contribution in [3.8, 4) is 0 Å². The van der Waals surface area contributed by atoms with Crippen molar-refractivity contribution in [3.63, 3.8) is 0 Å². The SMILES string of the molecule is O=S(=O)(c1ccc2c(c1)CCCC2)N1CCCN(c2ccc(C(F)(F)F)cn2)CC1. The second-order valence-corrected chi connectivity index (χ2v) is 9.72. The Morgan fingerprint density at radius 3 is 2.33 bits per heavy atom. The minimum Gasteiger partial charge on any atom is -0.355 e. The Morgan fingerprint density at radius 1 is 0.867 bits per heavy atom. The first-order valence-electron chi connectivity index (χ1n) is 10.2. The van der Waals surface area contributed by atoms with Crippen LogP contribution in [0.4, 0.5) is 19.0 Å². The lowest BCUT2D eigenvalue weighted by molar-refractivity contribution is -0.137. The number of fused-ring (bicyclic) bond motifs is 1. The Balaban J connectivity index is 1.48. The fraction of sp³-hybridized carbons (Fsp3) is 0.476. The van der Waals surface area contributed by atoms with Gasteiger partial charge in [-0.3, -0.25) is 0 Å². The van der Waals surface area contributed by atoms with E-state index in [1.165, 1.54) is 15.9 Å². The van der Waals surface area contributed by atoms with E-state index in [0.717, 1.165) is 43.5 Å². The van der Waals surface area contributed by atoms with Crippen LogP contribution < -0.4 is 4.90 Å². The van der Waals surface area contributed by atoms with Crippen LogP contribution in [0.15, 0.2) is 41.4 Å². The predicted octanol–water partition coefficient (Wildman–Crippen LogP) is 3.88. The molecule has 5 nitrogen and oxygen atoms in total. The van der Waals surface area contributed by atoms with E-state index in [-0.39, 0.29) is 6.54 Å². The van der Waals surface area contributed by atoms with Gasteiger partial charge in [0, 0.05) is 32.4 Å². The molecule has 1 saturated heterocycles. The van der Waals surface area contributed by atoms with E-state index < -0.39 is 21.8 Å². The molecule has 0 bridgehead atoms. The van der Waals surface area contributed by atoms with E-state index in [9.17, 15) is 21.6 Å². The molecule has 1 aromatic carbocycles. The minimum absolute atomic E-state index is 0.266. The Morgan fingerprint density at radius 2 is 1.63 bits per heavy atom. The summed E-state index contributed by atoms with van der Waals surface area (Å²) in [5, 5.41) is 0. The average molecular weight is 440 g/mol. The molecule has 1 fully saturated rings. The van der Waals surface area contributed by atoms with Gasteiger partial charge < -0.3 is 4.90 Å². The summed E-state index contributed by atoms with van der Waals surface area (Å²) in [7, 11) is -3.61. The number of pyridine rings is 1. The van der Waals surface area contributed by atoms with Crippen LogP contribution >= 0.6 is 0 Å². The second-order valence-electron chi connectivity index (χ2n) is 7.79. The van der Waals surface area contributed by atoms with Gasteiger partial charge in [0.2, 0.25) is 10.0 Å². The van der Waals surface area contributed by atoms with E-state index in [4.69, 9.17) is 0 Å². The van der Waals surface area contributed by atoms with E-state index in [1.54, 1.807) is 6.07 Å². The third-order valence-corrected chi connectivity index (χ3v) is 7.71. The smallest absolute Gasteiger partial charge is 0.355 e. The highest BCUT2D eigenvalue weighted by molar-refractivity contribution is 7.89. The van der Waals surface area contributed by atoms with Crippen molar-refractivity contribution in [3.05, 3.63) is 53.2 Å². The molecule has 1 aliphatic carbocycles. The van der Waals surface area contributed by atoms with Crippen molar-refractivity contribution < 1.29 is 21.6 Å². The molecular weight excluding hydrogens is 415 g/mol. The molecule has 9 heteroatoms. The molecule has 0 unspecified atom stereocenters. The molecule has 0 N–H and O–H groups in total. The number of benzene rings is 1. The Labute approximate surface area is 174 Å². The zero-order valence-corrected chi connectivity index (χ0v) is 17.3. The van der Waals surface area contributed by atoms with Crippen LogP contribution in [-0.4, -0.2) is 43.9 Å². The van der Waals surface area contributed by atoms with Gasteiger partial charge in [-0.25, -0.2) is 13.4 Å². The van der Waals surface area contributed by atoms with Gasteiger partial charge >= 0.3 is 6.18 Å². The number of aryl methyl sites for hydroxylation is 2. The molecule has 30 heavy (non-hydrogen) atoms. The number of nitrogens with zero attached hydrogens (tertiary/aromatic N) is 3. The maximum absolute atomic E-state index is 13.2. The second kappa shape index (κ2) is 8.19. The summed E-state index contributed by atoms with van der Waals surface area (Å²) in [6, 6.07) is 7.78. The van der Waals surface area contributed by atoms with Crippen LogP contribution in [0.3, 0.4) is 0 Å². The molecule has 0 atom stereocenters. The first-order valence-corrected chi connectivity index (χ1v) is 11.6. The molecule has 2 aliphatic rings. The monoisotopic (exact) mass is 439 g/mol. The predicted molar refractivity (Wildman–Crippen MR) is 108 cm³/mol. The number of hydrogen-bond acceptors (Lipinski definition) is 4. The molecule has 1 aromatic heterocycles. The van der Waals surface area contributed by atoms with E-state index in [0.29, 0.717) is 36.8 Å². The van der Waals surface area contributed by atoms with Crippen molar-refractivity contribution in [2.24, 2.45) is 0 Å². The summed E-state index contributed by atoms with van der Waals surface area (Å²) < 4.78 is 66.1. The number of aromatic nitrogens is 1. The summed E-state index contributed by atoms with van der Waals surface area (Å²) >= 11 is 0. The van der Waals surface area contributed by atoms with E-state index in [2.05, 4.69) is 4.98 Å². The topological polar surface area (TPSA) is 53.5 Å². The van der Waals surface area contributed by atoms with Crippen molar-refractivity contribution >= 4 is 15.8 Å². The zero-order valence-electron chi connectivity index (χ0n) is 16.5. The summed E-state index contributed by atoms with van der Waals surface area (Å²) in [6.07, 6.45) is 1.09. The largest absolute Gasteiger partial charge is 0.417 e. The molecule has 0 spiro atoms. The van der Waals surface area contributed by atoms with Crippen LogP contribution in [0, 0.1) is 0 Å². The van der Waals surface area contributed by atoms with Gasteiger partial charge in [-0.2, -0.15) is 17.5 Å². The zero-order chi connectivity index (χ0) is 21.4. The lowest BCUT2D eigenvalue weighted by atomic mass is 9.92. The molecule has 4 rings (SSSR count). The van der Waals surface area contributed by atoms with Gasteiger partial charge in [0.25, 0.3) is 0 Å². The highest BCUT2D eigenvalue weighted by Crippen LogP contribution is 2.30. The minimum atomic E-state index is -4.43. The molecule has 2 heterocycles. The van der Waals surface area contributed by atoms with Crippen LogP contribution in [0.25, 0.3) is 0 Å². The van der Waals surface area contributed by atoms with Crippen LogP contribution in [0.5, 0.6) is 0 Å². The number of anilines is 1. The lowest BCUT2D eigenvalue weighted by Crippen LogP contribution is -2.35. The fourth-order valence-corrected chi connectivity index (χ4v) is 5.64. The van der Waals surface area contributed by atoms with Gasteiger partial charge in [-0.05, 0) is 67.5 Å². The summed E-state index contributed by atoms with van der Waals surface area (Å²) in [5.41, 5.74) is 1.56. The molecular formula is C21H24F3N3O2S. The first kappa shape index (κ1) is 21.1. The molecule has 1 aliphatic heterocycles. The summed E-state index contributed by atoms with van der Waals surface area (Å²) in [6.45, 7) is 1.55. The quantitative estimate of drug-likeness (QED) is 0.729. The van der Waals surface area contributed by atoms with Crippen molar-refractivity contribution in [2.75, 3.05) is 31.1 Å².